The summed E-state index contributed by atoms with van der Waals surface area (Å²) in [4.78, 5) is 2.31. The molecule has 0 atom stereocenters. The minimum atomic E-state index is 0.701. The van der Waals surface area contributed by atoms with Gasteiger partial charge in [0, 0.05) is 34.1 Å². The van der Waals surface area contributed by atoms with Crippen LogP contribution in [-0.4, -0.2) is 0 Å². The number of nitrogens with zero attached hydrogens (tertiary/aromatic N) is 1. The summed E-state index contributed by atoms with van der Waals surface area (Å²) >= 11 is 0. The van der Waals surface area contributed by atoms with Crippen LogP contribution in [0.3, 0.4) is 0 Å². The van der Waals surface area contributed by atoms with Crippen molar-refractivity contribution in [1.82, 2.24) is 5.32 Å². The minimum absolute atomic E-state index is 0.701. The van der Waals surface area contributed by atoms with Crippen molar-refractivity contribution >= 4 is 55.7 Å². The second kappa shape index (κ2) is 10.8. The third kappa shape index (κ3) is 4.53. The molecule has 0 unspecified atom stereocenters. The van der Waals surface area contributed by atoms with Gasteiger partial charge in [-0.05, 0) is 98.5 Å². The first-order chi connectivity index (χ1) is 22.8. The molecule has 2 heterocycles. The molecule has 3 heteroatoms. The Balaban J connectivity index is 1.12. The number of benzene rings is 7. The molecule has 0 spiro atoms. The average Bonchev–Trinajstić information content (AvgIpc) is 3.50. The molecule has 1 aromatic heterocycles. The highest BCUT2D eigenvalue weighted by Gasteiger charge is 2.18. The van der Waals surface area contributed by atoms with Gasteiger partial charge >= 0.3 is 0 Å². The number of anilines is 3. The summed E-state index contributed by atoms with van der Waals surface area (Å²) < 4.78 is 6.33. The summed E-state index contributed by atoms with van der Waals surface area (Å²) in [7, 11) is 0. The van der Waals surface area contributed by atoms with Gasteiger partial charge in [0.05, 0.1) is 6.54 Å². The van der Waals surface area contributed by atoms with Crippen LogP contribution in [0.5, 0.6) is 0 Å². The number of hydrogen-bond donors (Lipinski definition) is 1. The van der Waals surface area contributed by atoms with Crippen molar-refractivity contribution in [3.63, 3.8) is 0 Å². The van der Waals surface area contributed by atoms with Crippen molar-refractivity contribution < 1.29 is 4.42 Å². The van der Waals surface area contributed by atoms with Crippen LogP contribution in [0.2, 0.25) is 0 Å². The first-order valence-electron chi connectivity index (χ1n) is 15.7. The van der Waals surface area contributed by atoms with Crippen LogP contribution in [0.25, 0.3) is 60.8 Å². The van der Waals surface area contributed by atoms with Crippen LogP contribution in [-0.2, 0) is 6.54 Å². The predicted octanol–water partition coefficient (Wildman–Crippen LogP) is 11.6. The molecule has 0 bridgehead atoms. The summed E-state index contributed by atoms with van der Waals surface area (Å²) in [5, 5.41) is 9.49. The highest BCUT2D eigenvalue weighted by molar-refractivity contribution is 6.08. The van der Waals surface area contributed by atoms with Gasteiger partial charge in [0.2, 0.25) is 0 Å². The van der Waals surface area contributed by atoms with Crippen molar-refractivity contribution in [1.29, 1.82) is 0 Å². The molecule has 1 aliphatic heterocycles. The second-order valence-electron chi connectivity index (χ2n) is 11.9. The summed E-state index contributed by atoms with van der Waals surface area (Å²) in [6.45, 7) is 0.701. The third-order valence-corrected chi connectivity index (χ3v) is 9.11. The van der Waals surface area contributed by atoms with Gasteiger partial charge in [-0.15, -0.1) is 0 Å². The molecule has 0 saturated carbocycles. The van der Waals surface area contributed by atoms with Gasteiger partial charge in [0.1, 0.15) is 11.3 Å². The van der Waals surface area contributed by atoms with E-state index in [-0.39, 0.29) is 0 Å². The number of fused-ring (bicyclic) bond motifs is 6. The summed E-state index contributed by atoms with van der Waals surface area (Å²) in [5.41, 5.74) is 10.1. The standard InChI is InChI=1S/C43H30N2O/c1-2-6-29(7-3-1)30-12-17-35(18-13-30)45(37-21-23-40-41-24-25-44-28-43(41)46-42(40)27-37)36-19-14-31(15-20-36)33-16-22-39-34(26-33)11-10-32-8-4-5-9-38(32)39/h1-27,44H,28H2. The maximum absolute atomic E-state index is 6.33. The lowest BCUT2D eigenvalue weighted by atomic mass is 9.97. The molecule has 0 aliphatic carbocycles. The van der Waals surface area contributed by atoms with E-state index < -0.39 is 0 Å². The van der Waals surface area contributed by atoms with E-state index in [0.717, 1.165) is 39.4 Å². The molecular weight excluding hydrogens is 560 g/mol. The molecule has 9 rings (SSSR count). The molecule has 8 aromatic rings. The number of nitrogens with one attached hydrogen (secondary N) is 1. The van der Waals surface area contributed by atoms with Crippen molar-refractivity contribution in [2.45, 2.75) is 6.54 Å². The lowest BCUT2D eigenvalue weighted by Crippen LogP contribution is -2.09. The van der Waals surface area contributed by atoms with Gasteiger partial charge < -0.3 is 14.6 Å². The Kier molecular flexibility index (Phi) is 6.20. The molecule has 7 aromatic carbocycles. The molecular formula is C43H30N2O. The molecule has 0 fully saturated rings. The van der Waals surface area contributed by atoms with Crippen LogP contribution in [0, 0.1) is 0 Å². The van der Waals surface area contributed by atoms with Crippen molar-refractivity contribution in [3.8, 4) is 22.3 Å². The van der Waals surface area contributed by atoms with Gasteiger partial charge in [-0.1, -0.05) is 103 Å². The van der Waals surface area contributed by atoms with E-state index in [1.54, 1.807) is 0 Å². The third-order valence-electron chi connectivity index (χ3n) is 9.11. The fourth-order valence-corrected chi connectivity index (χ4v) is 6.78. The normalized spacial score (nSPS) is 12.3. The number of hydrogen-bond acceptors (Lipinski definition) is 3. The minimum Gasteiger partial charge on any atom is -0.458 e. The Hall–Kier alpha value is -6.06. The Morgan fingerprint density at radius 1 is 0.478 bits per heavy atom. The largest absolute Gasteiger partial charge is 0.458 e. The summed E-state index contributed by atoms with van der Waals surface area (Å²) in [6, 6.07) is 54.6. The van der Waals surface area contributed by atoms with Crippen LogP contribution in [0.4, 0.5) is 17.1 Å². The molecule has 0 radical (unpaired) electrons. The maximum Gasteiger partial charge on any atom is 0.137 e. The van der Waals surface area contributed by atoms with E-state index in [4.69, 9.17) is 4.42 Å². The quantitative estimate of drug-likeness (QED) is 0.202. The van der Waals surface area contributed by atoms with Crippen molar-refractivity contribution in [3.05, 3.63) is 169 Å². The first kappa shape index (κ1) is 26.4. The zero-order valence-electron chi connectivity index (χ0n) is 25.2. The average molecular weight is 591 g/mol. The van der Waals surface area contributed by atoms with Gasteiger partial charge in [0.25, 0.3) is 0 Å². The van der Waals surface area contributed by atoms with Crippen molar-refractivity contribution in [2.75, 3.05) is 4.90 Å². The second-order valence-corrected chi connectivity index (χ2v) is 11.9. The Bertz CT molecular complexity index is 2400. The molecule has 218 valence electrons. The van der Waals surface area contributed by atoms with Gasteiger partial charge in [-0.25, -0.2) is 0 Å². The maximum atomic E-state index is 6.33. The predicted molar refractivity (Wildman–Crippen MR) is 193 cm³/mol. The lowest BCUT2D eigenvalue weighted by Gasteiger charge is -2.26. The fourth-order valence-electron chi connectivity index (χ4n) is 6.78. The van der Waals surface area contributed by atoms with E-state index in [9.17, 15) is 0 Å². The molecule has 1 aliphatic rings. The van der Waals surface area contributed by atoms with Gasteiger partial charge in [0.15, 0.2) is 0 Å². The summed E-state index contributed by atoms with van der Waals surface area (Å²) in [5.74, 6) is 0.973. The smallest absolute Gasteiger partial charge is 0.137 e. The molecule has 1 N–H and O–H groups in total. The SMILES string of the molecule is C1=Cc2c(oc3cc(N(c4ccc(-c5ccccc5)cc4)c4ccc(-c5ccc6c(ccc7ccccc76)c5)cc4)ccc23)CN1. The molecule has 0 saturated heterocycles. The van der Waals surface area contributed by atoms with Crippen LogP contribution in [0.1, 0.15) is 11.3 Å². The van der Waals surface area contributed by atoms with E-state index in [1.807, 2.05) is 6.20 Å². The number of rotatable bonds is 5. The van der Waals surface area contributed by atoms with Crippen LogP contribution >= 0.6 is 0 Å². The monoisotopic (exact) mass is 590 g/mol. The van der Waals surface area contributed by atoms with E-state index >= 15 is 0 Å². The molecule has 3 nitrogen and oxygen atoms in total. The topological polar surface area (TPSA) is 28.4 Å². The highest BCUT2D eigenvalue weighted by Crippen LogP contribution is 2.40. The number of furan rings is 1. The highest BCUT2D eigenvalue weighted by atomic mass is 16.3. The van der Waals surface area contributed by atoms with Gasteiger partial charge in [-0.2, -0.15) is 0 Å². The lowest BCUT2D eigenvalue weighted by molar-refractivity contribution is 0.532. The fraction of sp³-hybridized carbons (Fsp3) is 0.0233. The van der Waals surface area contributed by atoms with Crippen LogP contribution < -0.4 is 10.2 Å². The zero-order valence-corrected chi connectivity index (χ0v) is 25.2. The van der Waals surface area contributed by atoms with Crippen LogP contribution in [0.15, 0.2) is 162 Å². The van der Waals surface area contributed by atoms with Crippen molar-refractivity contribution in [2.24, 2.45) is 0 Å². The van der Waals surface area contributed by atoms with E-state index in [1.165, 1.54) is 43.8 Å². The zero-order chi connectivity index (χ0) is 30.5. The van der Waals surface area contributed by atoms with Gasteiger partial charge in [-0.3, -0.25) is 0 Å². The molecule has 0 amide bonds. The van der Waals surface area contributed by atoms with E-state index in [2.05, 4.69) is 168 Å². The Morgan fingerprint density at radius 2 is 1.09 bits per heavy atom. The Labute approximate surface area is 267 Å². The molecule has 46 heavy (non-hydrogen) atoms. The Morgan fingerprint density at radius 3 is 1.89 bits per heavy atom. The first-order valence-corrected chi connectivity index (χ1v) is 15.7. The van der Waals surface area contributed by atoms with E-state index in [0.29, 0.717) is 6.54 Å². The summed E-state index contributed by atoms with van der Waals surface area (Å²) in [6.07, 6.45) is 4.09.